The number of ether oxygens (including phenoxy) is 1. The van der Waals surface area contributed by atoms with E-state index in [1.54, 1.807) is 24.4 Å². The molecule has 0 amide bonds. The van der Waals surface area contributed by atoms with Gasteiger partial charge in [0, 0.05) is 18.8 Å². The van der Waals surface area contributed by atoms with Gasteiger partial charge in [-0.1, -0.05) is 6.07 Å². The van der Waals surface area contributed by atoms with Crippen LogP contribution in [0.4, 0.5) is 23.1 Å². The van der Waals surface area contributed by atoms with E-state index in [2.05, 4.69) is 25.6 Å². The molecule has 2 heterocycles. The molecule has 0 radical (unpaired) electrons. The van der Waals surface area contributed by atoms with E-state index < -0.39 is 4.92 Å². The van der Waals surface area contributed by atoms with Crippen LogP contribution in [0.2, 0.25) is 0 Å². The predicted octanol–water partition coefficient (Wildman–Crippen LogP) is 3.63. The Morgan fingerprint density at radius 1 is 1.15 bits per heavy atom. The van der Waals surface area contributed by atoms with E-state index >= 15 is 0 Å². The quantitative estimate of drug-likeness (QED) is 0.481. The van der Waals surface area contributed by atoms with E-state index in [4.69, 9.17) is 4.74 Å². The van der Waals surface area contributed by atoms with Gasteiger partial charge in [0.2, 0.25) is 5.95 Å². The van der Waals surface area contributed by atoms with Crippen molar-refractivity contribution in [2.24, 2.45) is 0 Å². The van der Waals surface area contributed by atoms with Crippen LogP contribution in [-0.4, -0.2) is 33.5 Å². The number of benzene rings is 1. The summed E-state index contributed by atoms with van der Waals surface area (Å²) in [6.45, 7) is 2.56. The minimum absolute atomic E-state index is 0.114. The fourth-order valence-corrected chi connectivity index (χ4v) is 2.43. The van der Waals surface area contributed by atoms with Crippen LogP contribution in [0.25, 0.3) is 11.4 Å². The third-order valence-electron chi connectivity index (χ3n) is 3.65. The molecular formula is C18H18N6O3. The molecule has 0 atom stereocenters. The van der Waals surface area contributed by atoms with Gasteiger partial charge in [0.05, 0.1) is 29.5 Å². The van der Waals surface area contributed by atoms with Crippen molar-refractivity contribution in [3.05, 3.63) is 58.8 Å². The van der Waals surface area contributed by atoms with Crippen molar-refractivity contribution in [2.75, 3.05) is 24.3 Å². The van der Waals surface area contributed by atoms with Gasteiger partial charge in [-0.2, -0.15) is 4.98 Å². The first-order valence-electron chi connectivity index (χ1n) is 8.24. The second kappa shape index (κ2) is 8.09. The Balaban J connectivity index is 2.02. The standard InChI is InChI=1S/C18H18N6O3/c1-3-19-18-22-15(13-6-4-5-9-20-13)11-17(23-18)21-14-8-7-12(27-2)10-16(14)24(25)26/h4-11H,3H2,1-2H3,(H2,19,21,22,23). The monoisotopic (exact) mass is 366 g/mol. The van der Waals surface area contributed by atoms with Crippen molar-refractivity contribution < 1.29 is 9.66 Å². The average molecular weight is 366 g/mol. The van der Waals surface area contributed by atoms with Gasteiger partial charge in [-0.25, -0.2) is 4.98 Å². The first kappa shape index (κ1) is 18.1. The van der Waals surface area contributed by atoms with Crippen molar-refractivity contribution in [1.82, 2.24) is 15.0 Å². The number of anilines is 3. The number of pyridine rings is 1. The molecule has 0 saturated heterocycles. The van der Waals surface area contributed by atoms with Gasteiger partial charge in [0.15, 0.2) is 0 Å². The van der Waals surface area contributed by atoms with Gasteiger partial charge in [-0.3, -0.25) is 15.1 Å². The fraction of sp³-hybridized carbons (Fsp3) is 0.167. The Kier molecular flexibility index (Phi) is 5.41. The van der Waals surface area contributed by atoms with E-state index in [1.807, 2.05) is 25.1 Å². The van der Waals surface area contributed by atoms with Crippen LogP contribution in [0, 0.1) is 10.1 Å². The number of aromatic nitrogens is 3. The van der Waals surface area contributed by atoms with Crippen LogP contribution in [0.1, 0.15) is 6.92 Å². The topological polar surface area (TPSA) is 115 Å². The second-order valence-corrected chi connectivity index (χ2v) is 5.47. The molecule has 0 spiro atoms. The van der Waals surface area contributed by atoms with Crippen molar-refractivity contribution in [3.8, 4) is 17.1 Å². The molecule has 27 heavy (non-hydrogen) atoms. The molecule has 0 aliphatic heterocycles. The maximum atomic E-state index is 11.4. The molecule has 9 nitrogen and oxygen atoms in total. The van der Waals surface area contributed by atoms with Gasteiger partial charge in [-0.15, -0.1) is 0 Å². The summed E-state index contributed by atoms with van der Waals surface area (Å²) in [6, 6.07) is 11.8. The Morgan fingerprint density at radius 2 is 2.00 bits per heavy atom. The van der Waals surface area contributed by atoms with Gasteiger partial charge in [-0.05, 0) is 31.2 Å². The number of hydrogen-bond acceptors (Lipinski definition) is 8. The SMILES string of the molecule is CCNc1nc(Nc2ccc(OC)cc2[N+](=O)[O-])cc(-c2ccccn2)n1. The van der Waals surface area contributed by atoms with Crippen molar-refractivity contribution in [1.29, 1.82) is 0 Å². The Bertz CT molecular complexity index is 949. The zero-order chi connectivity index (χ0) is 19.2. The summed E-state index contributed by atoms with van der Waals surface area (Å²) in [4.78, 5) is 24.0. The van der Waals surface area contributed by atoms with Crippen LogP contribution >= 0.6 is 0 Å². The lowest BCUT2D eigenvalue weighted by Crippen LogP contribution is -2.06. The van der Waals surface area contributed by atoms with Crippen LogP contribution in [-0.2, 0) is 0 Å². The maximum Gasteiger partial charge on any atom is 0.296 e. The zero-order valence-corrected chi connectivity index (χ0v) is 14.8. The van der Waals surface area contributed by atoms with Gasteiger partial charge < -0.3 is 15.4 Å². The number of methoxy groups -OCH3 is 1. The third-order valence-corrected chi connectivity index (χ3v) is 3.65. The van der Waals surface area contributed by atoms with Gasteiger partial charge >= 0.3 is 0 Å². The van der Waals surface area contributed by atoms with Gasteiger partial charge in [0.1, 0.15) is 17.3 Å². The molecule has 138 valence electrons. The highest BCUT2D eigenvalue weighted by molar-refractivity contribution is 5.72. The number of nitrogens with zero attached hydrogens (tertiary/aromatic N) is 4. The zero-order valence-electron chi connectivity index (χ0n) is 14.8. The number of hydrogen-bond donors (Lipinski definition) is 2. The van der Waals surface area contributed by atoms with E-state index in [0.717, 1.165) is 0 Å². The van der Waals surface area contributed by atoms with E-state index in [1.165, 1.54) is 13.2 Å². The highest BCUT2D eigenvalue weighted by atomic mass is 16.6. The summed E-state index contributed by atoms with van der Waals surface area (Å²) >= 11 is 0. The summed E-state index contributed by atoms with van der Waals surface area (Å²) in [5.41, 5.74) is 1.46. The van der Waals surface area contributed by atoms with Crippen LogP contribution < -0.4 is 15.4 Å². The van der Waals surface area contributed by atoms with Crippen LogP contribution in [0.5, 0.6) is 5.75 Å². The molecule has 9 heteroatoms. The molecule has 3 rings (SSSR count). The fourth-order valence-electron chi connectivity index (χ4n) is 2.43. The smallest absolute Gasteiger partial charge is 0.296 e. The van der Waals surface area contributed by atoms with E-state index in [-0.39, 0.29) is 5.69 Å². The van der Waals surface area contributed by atoms with Crippen molar-refractivity contribution in [3.63, 3.8) is 0 Å². The molecule has 2 N–H and O–H groups in total. The molecule has 1 aromatic carbocycles. The Hall–Kier alpha value is -3.75. The number of nitro benzene ring substituents is 1. The molecule has 2 aromatic heterocycles. The highest BCUT2D eigenvalue weighted by Crippen LogP contribution is 2.31. The summed E-state index contributed by atoms with van der Waals surface area (Å²) < 4.78 is 5.06. The molecular weight excluding hydrogens is 348 g/mol. The normalized spacial score (nSPS) is 10.3. The van der Waals surface area contributed by atoms with Crippen molar-refractivity contribution in [2.45, 2.75) is 6.92 Å². The Labute approximate surface area is 155 Å². The first-order chi connectivity index (χ1) is 13.1. The Morgan fingerprint density at radius 3 is 2.67 bits per heavy atom. The number of nitrogens with one attached hydrogen (secondary N) is 2. The first-order valence-corrected chi connectivity index (χ1v) is 8.24. The van der Waals surface area contributed by atoms with Crippen LogP contribution in [0.3, 0.4) is 0 Å². The number of nitro groups is 1. The highest BCUT2D eigenvalue weighted by Gasteiger charge is 2.17. The summed E-state index contributed by atoms with van der Waals surface area (Å²) in [5.74, 6) is 1.21. The molecule has 0 aliphatic carbocycles. The molecule has 0 saturated carbocycles. The second-order valence-electron chi connectivity index (χ2n) is 5.47. The van der Waals surface area contributed by atoms with E-state index in [0.29, 0.717) is 41.1 Å². The number of rotatable bonds is 7. The minimum atomic E-state index is -0.475. The third kappa shape index (κ3) is 4.27. The summed E-state index contributed by atoms with van der Waals surface area (Å²) in [6.07, 6.45) is 1.67. The molecule has 0 aliphatic rings. The van der Waals surface area contributed by atoms with Gasteiger partial charge in [0.25, 0.3) is 5.69 Å². The average Bonchev–Trinajstić information content (AvgIpc) is 2.69. The predicted molar refractivity (Wildman–Crippen MR) is 102 cm³/mol. The summed E-state index contributed by atoms with van der Waals surface area (Å²) in [7, 11) is 1.46. The lowest BCUT2D eigenvalue weighted by atomic mass is 10.2. The minimum Gasteiger partial charge on any atom is -0.496 e. The van der Waals surface area contributed by atoms with Crippen molar-refractivity contribution >= 4 is 23.1 Å². The molecule has 0 unspecified atom stereocenters. The van der Waals surface area contributed by atoms with Crippen LogP contribution in [0.15, 0.2) is 48.7 Å². The molecule has 0 bridgehead atoms. The molecule has 3 aromatic rings. The summed E-state index contributed by atoms with van der Waals surface area (Å²) in [5, 5.41) is 17.4. The maximum absolute atomic E-state index is 11.4. The van der Waals surface area contributed by atoms with E-state index in [9.17, 15) is 10.1 Å². The lowest BCUT2D eigenvalue weighted by Gasteiger charge is -2.11. The molecule has 0 fully saturated rings. The largest absolute Gasteiger partial charge is 0.496 e. The lowest BCUT2D eigenvalue weighted by molar-refractivity contribution is -0.384.